The molecule has 1 aromatic carbocycles. The smallest absolute Gasteiger partial charge is 0.258 e. The van der Waals surface area contributed by atoms with Gasteiger partial charge in [-0.1, -0.05) is 0 Å². The highest BCUT2D eigenvalue weighted by Crippen LogP contribution is 2.12. The van der Waals surface area contributed by atoms with Crippen molar-refractivity contribution < 1.29 is 14.5 Å². The molecule has 0 bridgehead atoms. The summed E-state index contributed by atoms with van der Waals surface area (Å²) in [5.74, 6) is 0. The van der Waals surface area contributed by atoms with Crippen LogP contribution in [0, 0.1) is 10.1 Å². The summed E-state index contributed by atoms with van der Waals surface area (Å²) in [6.45, 7) is 0. The van der Waals surface area contributed by atoms with E-state index in [2.05, 4.69) is 4.33 Å². The molecule has 5 nitrogen and oxygen atoms in total. The van der Waals surface area contributed by atoms with E-state index >= 15 is 0 Å². The Morgan fingerprint density at radius 1 is 1.42 bits per heavy atom. The average Bonchev–Trinajstić information content (AvgIpc) is 2.06. The first-order valence-electron chi connectivity index (χ1n) is 3.00. The first kappa shape index (κ1) is 8.98. The van der Waals surface area contributed by atoms with Crippen LogP contribution in [0.15, 0.2) is 29.2 Å². The summed E-state index contributed by atoms with van der Waals surface area (Å²) >= 11 is 0.269. The van der Waals surface area contributed by atoms with Gasteiger partial charge in [0.05, 0.1) is 4.92 Å². The number of thiol groups is 1. The van der Waals surface area contributed by atoms with E-state index in [-0.39, 0.29) is 17.7 Å². The van der Waals surface area contributed by atoms with Gasteiger partial charge in [-0.2, -0.15) is 0 Å². The fourth-order valence-electron chi connectivity index (χ4n) is 0.682. The zero-order valence-corrected chi connectivity index (χ0v) is 6.77. The van der Waals surface area contributed by atoms with Gasteiger partial charge in [0.2, 0.25) is 12.0 Å². The maximum atomic E-state index is 10.2. The Morgan fingerprint density at radius 3 is 2.42 bits per heavy atom. The van der Waals surface area contributed by atoms with Crippen molar-refractivity contribution in [2.24, 2.45) is 0 Å². The number of non-ortho nitro benzene ring substituents is 1. The Morgan fingerprint density at radius 2 is 2.00 bits per heavy atom. The summed E-state index contributed by atoms with van der Waals surface area (Å²) in [5, 5.41) is 18.2. The van der Waals surface area contributed by atoms with E-state index in [1.807, 2.05) is 0 Å². The maximum Gasteiger partial charge on any atom is 0.269 e. The van der Waals surface area contributed by atoms with Crippen molar-refractivity contribution in [2.75, 3.05) is 0 Å². The lowest BCUT2D eigenvalue weighted by Crippen LogP contribution is -1.89. The van der Waals surface area contributed by atoms with Gasteiger partial charge in [0.25, 0.3) is 5.69 Å². The van der Waals surface area contributed by atoms with Crippen LogP contribution in [-0.2, 0) is 16.4 Å². The Bertz CT molecular complexity index is 273. The second-order valence-corrected chi connectivity index (χ2v) is 2.81. The standard InChI is InChI=1S/C6H5NO4S/c8-7(9)5-1-3-6(4-2-5)12-11-10/h1-4,10H/p+1. The normalized spacial score (nSPS) is 9.75. The third-order valence-electron chi connectivity index (χ3n) is 1.21. The molecular formula is C6H6NO4S+. The Kier molecular flexibility index (Phi) is 3.03. The molecule has 0 aliphatic heterocycles. The molecule has 1 N–H and O–H groups in total. The number of benzene rings is 1. The van der Waals surface area contributed by atoms with Crippen LogP contribution in [-0.4, -0.2) is 10.2 Å². The summed E-state index contributed by atoms with van der Waals surface area (Å²) < 4.78 is 3.83. The molecule has 0 amide bonds. The van der Waals surface area contributed by atoms with Crippen molar-refractivity contribution in [3.8, 4) is 0 Å². The third-order valence-corrected chi connectivity index (χ3v) is 1.80. The van der Waals surface area contributed by atoms with Gasteiger partial charge in [0.15, 0.2) is 4.90 Å². The highest BCUT2D eigenvalue weighted by Gasteiger charge is 2.08. The topological polar surface area (TPSA) is 72.6 Å². The minimum atomic E-state index is -0.486. The van der Waals surface area contributed by atoms with E-state index in [1.54, 1.807) is 0 Å². The molecule has 0 unspecified atom stereocenters. The predicted molar refractivity (Wildman–Crippen MR) is 43.8 cm³/mol. The zero-order valence-electron chi connectivity index (χ0n) is 5.88. The maximum absolute atomic E-state index is 10.2. The van der Waals surface area contributed by atoms with Crippen molar-refractivity contribution in [3.05, 3.63) is 34.4 Å². The highest BCUT2D eigenvalue weighted by molar-refractivity contribution is 7.73. The number of hydrogen-bond acceptors (Lipinski definition) is 4. The lowest BCUT2D eigenvalue weighted by atomic mass is 10.3. The highest BCUT2D eigenvalue weighted by atomic mass is 32.2. The van der Waals surface area contributed by atoms with Crippen LogP contribution in [0.5, 0.6) is 0 Å². The quantitative estimate of drug-likeness (QED) is 0.254. The monoisotopic (exact) mass is 188 g/mol. The largest absolute Gasteiger partial charge is 0.269 e. The molecule has 0 heterocycles. The molecule has 0 aliphatic carbocycles. The lowest BCUT2D eigenvalue weighted by Gasteiger charge is -1.88. The zero-order chi connectivity index (χ0) is 8.97. The molecule has 0 fully saturated rings. The van der Waals surface area contributed by atoms with E-state index in [0.717, 1.165) is 0 Å². The molecule has 0 atom stereocenters. The molecule has 0 aromatic heterocycles. The van der Waals surface area contributed by atoms with Crippen LogP contribution in [0.4, 0.5) is 5.69 Å². The minimum absolute atomic E-state index is 0.0203. The van der Waals surface area contributed by atoms with E-state index in [0.29, 0.717) is 4.90 Å². The average molecular weight is 188 g/mol. The summed E-state index contributed by atoms with van der Waals surface area (Å²) in [4.78, 5) is 10.4. The van der Waals surface area contributed by atoms with Crippen molar-refractivity contribution in [1.29, 1.82) is 0 Å². The van der Waals surface area contributed by atoms with Crippen LogP contribution < -0.4 is 0 Å². The Hall–Kier alpha value is -1.11. The van der Waals surface area contributed by atoms with Gasteiger partial charge in [-0.05, 0) is 4.33 Å². The van der Waals surface area contributed by atoms with E-state index < -0.39 is 4.92 Å². The van der Waals surface area contributed by atoms with Crippen LogP contribution in [0.3, 0.4) is 0 Å². The van der Waals surface area contributed by atoms with Gasteiger partial charge < -0.3 is 0 Å². The molecule has 0 spiro atoms. The SMILES string of the molecule is O=[N+]([O-])c1ccc([SH+]OO)cc1. The first-order valence-corrected chi connectivity index (χ1v) is 3.81. The number of rotatable bonds is 3. The van der Waals surface area contributed by atoms with Gasteiger partial charge >= 0.3 is 0 Å². The van der Waals surface area contributed by atoms with Crippen molar-refractivity contribution >= 4 is 17.7 Å². The molecule has 1 aromatic rings. The molecule has 1 rings (SSSR count). The molecule has 0 saturated carbocycles. The number of hydrogen-bond donors (Lipinski definition) is 1. The van der Waals surface area contributed by atoms with Gasteiger partial charge in [-0.15, -0.1) is 0 Å². The fourth-order valence-corrected chi connectivity index (χ4v) is 1.05. The van der Waals surface area contributed by atoms with Gasteiger partial charge in [-0.25, -0.2) is 5.26 Å². The molecular weight excluding hydrogens is 182 g/mol. The summed E-state index contributed by atoms with van der Waals surface area (Å²) in [7, 11) is 0. The third kappa shape index (κ3) is 2.19. The van der Waals surface area contributed by atoms with E-state index in [9.17, 15) is 10.1 Å². The number of nitro benzene ring substituents is 1. The van der Waals surface area contributed by atoms with Crippen molar-refractivity contribution in [2.45, 2.75) is 4.90 Å². The van der Waals surface area contributed by atoms with Crippen molar-refractivity contribution in [3.63, 3.8) is 0 Å². The summed E-state index contributed by atoms with van der Waals surface area (Å²) in [6.07, 6.45) is 0. The number of nitrogens with zero attached hydrogens (tertiary/aromatic N) is 1. The van der Waals surface area contributed by atoms with E-state index in [1.165, 1.54) is 24.3 Å². The van der Waals surface area contributed by atoms with E-state index in [4.69, 9.17) is 5.26 Å². The Labute approximate surface area is 72.3 Å². The minimum Gasteiger partial charge on any atom is -0.258 e. The Balaban J connectivity index is 2.78. The predicted octanol–water partition coefficient (Wildman–Crippen LogP) is 1.17. The number of nitro groups is 1. The van der Waals surface area contributed by atoms with Gasteiger partial charge in [0.1, 0.15) is 0 Å². The molecule has 0 aliphatic rings. The lowest BCUT2D eigenvalue weighted by molar-refractivity contribution is -0.384. The molecule has 6 heteroatoms. The summed E-state index contributed by atoms with van der Waals surface area (Å²) in [6, 6.07) is 5.72. The second kappa shape index (κ2) is 4.05. The molecule has 12 heavy (non-hydrogen) atoms. The van der Waals surface area contributed by atoms with Crippen molar-refractivity contribution in [1.82, 2.24) is 0 Å². The first-order chi connectivity index (χ1) is 5.74. The van der Waals surface area contributed by atoms with Crippen LogP contribution in [0.1, 0.15) is 0 Å². The van der Waals surface area contributed by atoms with Crippen LogP contribution in [0.25, 0.3) is 0 Å². The van der Waals surface area contributed by atoms with Crippen LogP contribution >= 0.6 is 0 Å². The molecule has 64 valence electrons. The second-order valence-electron chi connectivity index (χ2n) is 1.95. The molecule has 0 saturated heterocycles. The fraction of sp³-hybridized carbons (Fsp3) is 0. The summed E-state index contributed by atoms with van der Waals surface area (Å²) in [5.41, 5.74) is 0.0203. The van der Waals surface area contributed by atoms with Crippen LogP contribution in [0.2, 0.25) is 0 Å². The van der Waals surface area contributed by atoms with Gasteiger partial charge in [0, 0.05) is 24.3 Å². The molecule has 0 radical (unpaired) electrons. The van der Waals surface area contributed by atoms with Gasteiger partial charge in [-0.3, -0.25) is 10.1 Å².